The van der Waals surface area contributed by atoms with Crippen molar-refractivity contribution in [1.82, 2.24) is 0 Å². The third-order valence-corrected chi connectivity index (χ3v) is 23.8. The Hall–Kier alpha value is -3.31. The van der Waals surface area contributed by atoms with Crippen LogP contribution in [0.25, 0.3) is 0 Å². The van der Waals surface area contributed by atoms with Crippen LogP contribution in [0.2, 0.25) is 0 Å². The molecule has 2 heterocycles. The molecule has 3 aliphatic rings. The monoisotopic (exact) mass is 1700 g/mol. The lowest BCUT2D eigenvalue weighted by molar-refractivity contribution is -0.360. The van der Waals surface area contributed by atoms with Crippen molar-refractivity contribution < 1.29 is 122 Å². The number of aliphatic hydroxyl groups is 9. The molecule has 2 saturated heterocycles. The molecule has 1 saturated carbocycles. The van der Waals surface area contributed by atoms with Gasteiger partial charge in [-0.2, -0.15) is 0 Å². The van der Waals surface area contributed by atoms with Gasteiger partial charge in [-0.15, -0.1) is 0 Å². The first-order valence-electron chi connectivity index (χ1n) is 47.2. The van der Waals surface area contributed by atoms with E-state index >= 15 is 0 Å². The summed E-state index contributed by atoms with van der Waals surface area (Å²) in [6.07, 6.45) is 32.7. The van der Waals surface area contributed by atoms with Crippen LogP contribution in [0.4, 0.5) is 0 Å². The van der Waals surface area contributed by atoms with Crippen LogP contribution in [0.1, 0.15) is 394 Å². The Kier molecular flexibility index (Phi) is 65.4. The summed E-state index contributed by atoms with van der Waals surface area (Å²) in [5.41, 5.74) is 0. The van der Waals surface area contributed by atoms with E-state index in [2.05, 4.69) is 64.2 Å². The van der Waals surface area contributed by atoms with Gasteiger partial charge in [-0.25, -0.2) is 4.57 Å². The van der Waals surface area contributed by atoms with Crippen molar-refractivity contribution in [3.8, 4) is 0 Å². The molecule has 18 unspecified atom stereocenters. The summed E-state index contributed by atoms with van der Waals surface area (Å²) < 4.78 is 73.4. The van der Waals surface area contributed by atoms with Gasteiger partial charge in [0.2, 0.25) is 0 Å². The van der Waals surface area contributed by atoms with Crippen molar-refractivity contribution in [2.24, 2.45) is 0 Å². The minimum absolute atomic E-state index is 0.00673. The average Bonchev–Trinajstić information content (AvgIpc) is 0.754. The third kappa shape index (κ3) is 50.6. The SMILES string of the molecule is CCCCCC/C=C\CCCCCCCCCC(=O)OCC(COP(=O)(O)OC1C(OC2OC(CO)C(O)C(O)C2O)C(O)C(O)C(OC(=O)CCCCCCCCCCCCCCCCCC)C1OC1OC(COC(=O)CCCCC/C=C\CCCCCCCC)C(O)C(O)C1O)OC(=O)CCCCCCCCC/C=C\CCCCCC. The zero-order valence-corrected chi connectivity index (χ0v) is 74.4. The van der Waals surface area contributed by atoms with Crippen molar-refractivity contribution >= 4 is 31.7 Å². The normalized spacial score (nSPS) is 25.1. The summed E-state index contributed by atoms with van der Waals surface area (Å²) >= 11 is 0. The predicted octanol–water partition coefficient (Wildman–Crippen LogP) is 17.5. The molecular weight excluding hydrogens is 1540 g/mol. The van der Waals surface area contributed by atoms with Gasteiger partial charge in [0, 0.05) is 25.7 Å². The van der Waals surface area contributed by atoms with Gasteiger partial charge in [0.1, 0.15) is 92.6 Å². The van der Waals surface area contributed by atoms with Gasteiger partial charge in [-0.05, 0) is 103 Å². The van der Waals surface area contributed by atoms with E-state index in [0.717, 1.165) is 154 Å². The highest BCUT2D eigenvalue weighted by Crippen LogP contribution is 2.49. The molecule has 1 aliphatic carbocycles. The van der Waals surface area contributed by atoms with Crippen molar-refractivity contribution in [2.45, 2.75) is 498 Å². The number of phosphoric ester groups is 1. The van der Waals surface area contributed by atoms with Crippen LogP contribution in [0.15, 0.2) is 36.5 Å². The van der Waals surface area contributed by atoms with Crippen LogP contribution in [0.3, 0.4) is 0 Å². The van der Waals surface area contributed by atoms with E-state index in [0.29, 0.717) is 44.9 Å². The predicted molar refractivity (Wildman–Crippen MR) is 458 cm³/mol. The topological polar surface area (TPSA) is 380 Å². The number of carbonyl (C=O) groups excluding carboxylic acids is 4. The van der Waals surface area contributed by atoms with E-state index in [1.807, 2.05) is 0 Å². The molecule has 0 aromatic rings. The molecular formula is C92H167O25P. The number of carbonyl (C=O) groups is 4. The first kappa shape index (κ1) is 109. The van der Waals surface area contributed by atoms with Crippen LogP contribution in [0.5, 0.6) is 0 Å². The van der Waals surface area contributed by atoms with Gasteiger partial charge in [0.15, 0.2) is 24.8 Å². The molecule has 690 valence electrons. The van der Waals surface area contributed by atoms with Gasteiger partial charge < -0.3 is 88.7 Å². The lowest BCUT2D eigenvalue weighted by Gasteiger charge is -2.50. The van der Waals surface area contributed by atoms with Gasteiger partial charge in [-0.3, -0.25) is 28.2 Å². The molecule has 0 amide bonds. The highest BCUT2D eigenvalue weighted by Gasteiger charge is 2.60. The Balaban J connectivity index is 1.92. The second kappa shape index (κ2) is 70.9. The van der Waals surface area contributed by atoms with Gasteiger partial charge in [-0.1, -0.05) is 302 Å². The minimum Gasteiger partial charge on any atom is -0.463 e. The number of rotatable bonds is 76. The molecule has 2 aliphatic heterocycles. The molecule has 3 fully saturated rings. The fraction of sp³-hybridized carbons (Fsp3) is 0.891. The number of aliphatic hydroxyl groups excluding tert-OH is 9. The molecule has 0 radical (unpaired) electrons. The minimum atomic E-state index is -5.81. The summed E-state index contributed by atoms with van der Waals surface area (Å²) in [7, 11) is -5.81. The number of ether oxygens (including phenoxy) is 8. The molecule has 10 N–H and O–H groups in total. The average molecular weight is 1700 g/mol. The maximum absolute atomic E-state index is 14.9. The number of esters is 4. The fourth-order valence-corrected chi connectivity index (χ4v) is 16.3. The molecule has 0 aromatic heterocycles. The van der Waals surface area contributed by atoms with E-state index in [-0.39, 0.29) is 25.7 Å². The molecule has 18 atom stereocenters. The van der Waals surface area contributed by atoms with Crippen molar-refractivity contribution in [2.75, 3.05) is 26.4 Å². The number of hydrogen-bond donors (Lipinski definition) is 10. The first-order chi connectivity index (χ1) is 57.2. The molecule has 3 rings (SSSR count). The Morgan fingerprint density at radius 1 is 0.331 bits per heavy atom. The second-order valence-electron chi connectivity index (χ2n) is 33.5. The van der Waals surface area contributed by atoms with Crippen LogP contribution in [-0.4, -0.2) is 205 Å². The molecule has 25 nitrogen and oxygen atoms in total. The Morgan fingerprint density at radius 2 is 0.636 bits per heavy atom. The summed E-state index contributed by atoms with van der Waals surface area (Å²) in [4.78, 5) is 66.5. The zero-order chi connectivity index (χ0) is 86.1. The number of phosphoric acid groups is 1. The van der Waals surface area contributed by atoms with E-state index in [1.54, 1.807) is 0 Å². The largest absolute Gasteiger partial charge is 0.472 e. The number of unbranched alkanes of at least 4 members (excludes halogenated alkanes) is 46. The van der Waals surface area contributed by atoms with Gasteiger partial charge in [0.25, 0.3) is 0 Å². The number of hydrogen-bond acceptors (Lipinski definition) is 24. The van der Waals surface area contributed by atoms with Crippen molar-refractivity contribution in [3.63, 3.8) is 0 Å². The zero-order valence-electron chi connectivity index (χ0n) is 73.5. The van der Waals surface area contributed by atoms with Crippen LogP contribution in [0, 0.1) is 0 Å². The highest BCUT2D eigenvalue weighted by atomic mass is 31.2. The third-order valence-electron chi connectivity index (χ3n) is 22.8. The highest BCUT2D eigenvalue weighted by molar-refractivity contribution is 7.47. The van der Waals surface area contributed by atoms with Crippen molar-refractivity contribution in [1.29, 1.82) is 0 Å². The Labute approximate surface area is 710 Å². The van der Waals surface area contributed by atoms with E-state index in [1.165, 1.54) is 141 Å². The molecule has 26 heteroatoms. The Morgan fingerprint density at radius 3 is 1.03 bits per heavy atom. The number of allylic oxidation sites excluding steroid dienone is 6. The van der Waals surface area contributed by atoms with Crippen LogP contribution >= 0.6 is 7.82 Å². The van der Waals surface area contributed by atoms with Gasteiger partial charge in [0.05, 0.1) is 13.2 Å². The van der Waals surface area contributed by atoms with Gasteiger partial charge >= 0.3 is 31.7 Å². The quantitative estimate of drug-likeness (QED) is 0.00889. The molecule has 0 bridgehead atoms. The van der Waals surface area contributed by atoms with E-state index in [9.17, 15) is 74.6 Å². The van der Waals surface area contributed by atoms with E-state index in [4.69, 9.17) is 46.9 Å². The maximum Gasteiger partial charge on any atom is 0.472 e. The maximum atomic E-state index is 14.9. The van der Waals surface area contributed by atoms with Crippen LogP contribution < -0.4 is 0 Å². The molecule has 0 aromatic carbocycles. The smallest absolute Gasteiger partial charge is 0.463 e. The fourth-order valence-electron chi connectivity index (χ4n) is 15.3. The Bertz CT molecular complexity index is 2600. The summed E-state index contributed by atoms with van der Waals surface area (Å²) in [5, 5.41) is 102. The van der Waals surface area contributed by atoms with Crippen molar-refractivity contribution in [3.05, 3.63) is 36.5 Å². The second-order valence-corrected chi connectivity index (χ2v) is 34.9. The van der Waals surface area contributed by atoms with E-state index < -0.39 is 162 Å². The lowest BCUT2D eigenvalue weighted by atomic mass is 9.84. The molecule has 118 heavy (non-hydrogen) atoms. The lowest BCUT2D eigenvalue weighted by Crippen LogP contribution is -2.70. The first-order valence-corrected chi connectivity index (χ1v) is 48.7. The molecule has 0 spiro atoms. The van der Waals surface area contributed by atoms with Crippen LogP contribution in [-0.2, 0) is 70.7 Å². The summed E-state index contributed by atoms with van der Waals surface area (Å²) in [6, 6.07) is 0. The summed E-state index contributed by atoms with van der Waals surface area (Å²) in [6.45, 7) is 5.55. The standard InChI is InChI=1S/C92H167O25P/c1-5-9-13-17-21-25-29-33-36-39-43-47-51-55-59-63-67-78(97)114-87-83(102)84(103)88(115-91-85(104)81(100)79(98)73(68-93)112-91)90(89(87)116-92-86(105)82(101)80(99)74(113-92)71-109-76(95)65-61-57-53-49-44-40-32-28-24-20-16-12-8-4)117-118(106,107)110-70-72(111-77(96)66-62-58-54-50-46-42-38-35-31-27-23-19-15-11-7-3)69-108-75(94)64-60-56-52-48-45-41-37-34-30-26-22-18-14-10-6-2/h26-27,30-31,40,44,72-74,79-93,98-105H,5-25,28-29,32-39,41-43,45-71H2,1-4H3,(H,106,107)/b30-26-,31-27-,44-40-. The summed E-state index contributed by atoms with van der Waals surface area (Å²) in [5.74, 6) is -2.99.